The Morgan fingerprint density at radius 3 is 2.33 bits per heavy atom. The van der Waals surface area contributed by atoms with Crippen molar-refractivity contribution < 1.29 is 9.90 Å². The molecule has 2 N–H and O–H groups in total. The second-order valence-electron chi connectivity index (χ2n) is 1.33. The summed E-state index contributed by atoms with van der Waals surface area (Å²) in [7, 11) is 1.56. The molecule has 1 atom stereocenters. The number of hydrogen-bond acceptors (Lipinski definition) is 2. The van der Waals surface area contributed by atoms with Crippen LogP contribution in [0.1, 0.15) is 0 Å². The number of alkyl halides is 1. The number of likely N-dealkylation sites (N-methyl/N-ethyl adjacent to an activating group) is 1. The van der Waals surface area contributed by atoms with Gasteiger partial charge in [-0.3, -0.25) is 4.79 Å². The number of carbonyl (C=O) groups is 1. The van der Waals surface area contributed by atoms with Gasteiger partial charge in [-0.1, -0.05) is 0 Å². The molecule has 5 heteroatoms. The number of carboxylic acids is 1. The van der Waals surface area contributed by atoms with E-state index in [2.05, 4.69) is 5.32 Å². The van der Waals surface area contributed by atoms with E-state index in [1.165, 1.54) is 0 Å². The maximum Gasteiger partial charge on any atom is 0.321 e. The Kier molecular flexibility index (Phi) is 8.02. The lowest BCUT2D eigenvalue weighted by molar-refractivity contribution is -0.138. The number of aliphatic carboxylic acids is 1. The van der Waals surface area contributed by atoms with E-state index in [1.54, 1.807) is 7.05 Å². The van der Waals surface area contributed by atoms with Crippen molar-refractivity contribution in [1.29, 1.82) is 0 Å². The van der Waals surface area contributed by atoms with Crippen LogP contribution < -0.4 is 5.32 Å². The Hall–Kier alpha value is 0.01000. The molecule has 0 rings (SSSR count). The highest BCUT2D eigenvalue weighted by molar-refractivity contribution is 6.19. The van der Waals surface area contributed by atoms with Gasteiger partial charge in [0.2, 0.25) is 0 Å². The summed E-state index contributed by atoms with van der Waals surface area (Å²) in [4.78, 5) is 10.0. The van der Waals surface area contributed by atoms with Crippen LogP contribution in [0.4, 0.5) is 0 Å². The van der Waals surface area contributed by atoms with Crippen LogP contribution >= 0.6 is 24.0 Å². The van der Waals surface area contributed by atoms with Gasteiger partial charge in [0, 0.05) is 5.88 Å². The Balaban J connectivity index is 0. The lowest BCUT2D eigenvalue weighted by Gasteiger charge is -2.03. The summed E-state index contributed by atoms with van der Waals surface area (Å²) in [5.74, 6) is -0.811. The minimum atomic E-state index is -0.914. The van der Waals surface area contributed by atoms with Gasteiger partial charge in [0.05, 0.1) is 0 Å². The molecule has 0 saturated carbocycles. The topological polar surface area (TPSA) is 49.3 Å². The van der Waals surface area contributed by atoms with Crippen LogP contribution in [0, 0.1) is 0 Å². The minimum absolute atomic E-state index is 0. The van der Waals surface area contributed by atoms with Gasteiger partial charge in [-0.2, -0.15) is 0 Å². The van der Waals surface area contributed by atoms with Crippen LogP contribution in [-0.2, 0) is 4.79 Å². The third-order valence-electron chi connectivity index (χ3n) is 0.801. The third kappa shape index (κ3) is 4.51. The second-order valence-corrected chi connectivity index (χ2v) is 1.64. The molecule has 0 aliphatic carbocycles. The Morgan fingerprint density at radius 1 is 1.89 bits per heavy atom. The Labute approximate surface area is 64.8 Å². The van der Waals surface area contributed by atoms with Crippen LogP contribution in [0.2, 0.25) is 0 Å². The summed E-state index contributed by atoms with van der Waals surface area (Å²) >= 11 is 5.22. The predicted octanol–water partition coefficient (Wildman–Crippen LogP) is 0.320. The fourth-order valence-electron chi connectivity index (χ4n) is 0.267. The molecule has 0 aliphatic rings. The molecule has 0 aromatic rings. The molecule has 0 fully saturated rings. The van der Waals surface area contributed by atoms with Crippen molar-refractivity contribution in [3.8, 4) is 0 Å². The van der Waals surface area contributed by atoms with Crippen LogP contribution in [0.5, 0.6) is 0 Å². The Bertz CT molecular complexity index is 84.6. The average molecular weight is 174 g/mol. The zero-order chi connectivity index (χ0) is 6.57. The van der Waals surface area contributed by atoms with Gasteiger partial charge in [-0.15, -0.1) is 24.0 Å². The molecule has 0 spiro atoms. The largest absolute Gasteiger partial charge is 0.480 e. The molecule has 0 bridgehead atoms. The van der Waals surface area contributed by atoms with Gasteiger partial charge in [0.15, 0.2) is 0 Å². The lowest BCUT2D eigenvalue weighted by atomic mass is 10.4. The van der Waals surface area contributed by atoms with Crippen molar-refractivity contribution in [2.24, 2.45) is 0 Å². The maximum absolute atomic E-state index is 10.0. The highest BCUT2D eigenvalue weighted by Gasteiger charge is 2.11. The molecule has 0 saturated heterocycles. The van der Waals surface area contributed by atoms with Gasteiger partial charge >= 0.3 is 5.97 Å². The molecule has 0 heterocycles. The van der Waals surface area contributed by atoms with E-state index in [0.29, 0.717) is 0 Å². The summed E-state index contributed by atoms with van der Waals surface area (Å²) in [5.41, 5.74) is 0. The highest BCUT2D eigenvalue weighted by atomic mass is 35.5. The predicted molar refractivity (Wildman–Crippen MR) is 38.5 cm³/mol. The maximum atomic E-state index is 10.0. The quantitative estimate of drug-likeness (QED) is 0.605. The first-order valence-corrected chi connectivity index (χ1v) is 2.72. The van der Waals surface area contributed by atoms with E-state index in [0.717, 1.165) is 0 Å². The standard InChI is InChI=1S/C4H8ClNO2.ClH/c1-6-3(2-5)4(7)8;/h3,6H,2H2,1H3,(H,7,8);1H/t3-;/m0./s1. The molecule has 0 aliphatic heterocycles. The number of rotatable bonds is 3. The first-order chi connectivity index (χ1) is 3.72. The van der Waals surface area contributed by atoms with Crippen molar-refractivity contribution in [3.63, 3.8) is 0 Å². The zero-order valence-corrected chi connectivity index (χ0v) is 6.50. The summed E-state index contributed by atoms with van der Waals surface area (Å²) in [6, 6.07) is -0.614. The van der Waals surface area contributed by atoms with E-state index in [-0.39, 0.29) is 18.3 Å². The first-order valence-electron chi connectivity index (χ1n) is 2.18. The van der Waals surface area contributed by atoms with Gasteiger partial charge in [0.25, 0.3) is 0 Å². The van der Waals surface area contributed by atoms with E-state index >= 15 is 0 Å². The van der Waals surface area contributed by atoms with Crippen LogP contribution in [0.25, 0.3) is 0 Å². The summed E-state index contributed by atoms with van der Waals surface area (Å²) < 4.78 is 0. The monoisotopic (exact) mass is 173 g/mol. The van der Waals surface area contributed by atoms with E-state index in [9.17, 15) is 4.79 Å². The lowest BCUT2D eigenvalue weighted by Crippen LogP contribution is -2.35. The first kappa shape index (κ1) is 11.8. The molecular weight excluding hydrogens is 165 g/mol. The fourth-order valence-corrected chi connectivity index (χ4v) is 0.553. The van der Waals surface area contributed by atoms with E-state index in [4.69, 9.17) is 16.7 Å². The van der Waals surface area contributed by atoms with Gasteiger partial charge < -0.3 is 10.4 Å². The molecule has 0 aromatic heterocycles. The van der Waals surface area contributed by atoms with Gasteiger partial charge in [-0.05, 0) is 7.05 Å². The minimum Gasteiger partial charge on any atom is -0.480 e. The highest BCUT2D eigenvalue weighted by Crippen LogP contribution is 1.85. The Morgan fingerprint density at radius 2 is 2.33 bits per heavy atom. The number of nitrogens with one attached hydrogen (secondary N) is 1. The summed E-state index contributed by atoms with van der Waals surface area (Å²) in [5, 5.41) is 10.7. The zero-order valence-electron chi connectivity index (χ0n) is 4.93. The molecule has 0 amide bonds. The molecule has 0 unspecified atom stereocenters. The average Bonchev–Trinajstić information content (AvgIpc) is 1.69. The summed E-state index contributed by atoms with van der Waals surface area (Å²) in [6.07, 6.45) is 0. The molecule has 0 radical (unpaired) electrons. The van der Waals surface area contributed by atoms with Crippen LogP contribution in [0.3, 0.4) is 0 Å². The van der Waals surface area contributed by atoms with Gasteiger partial charge in [-0.25, -0.2) is 0 Å². The number of halogens is 2. The van der Waals surface area contributed by atoms with Crippen molar-refractivity contribution in [1.82, 2.24) is 5.32 Å². The molecule has 56 valence electrons. The molecule has 3 nitrogen and oxygen atoms in total. The summed E-state index contributed by atoms with van der Waals surface area (Å²) in [6.45, 7) is 0. The van der Waals surface area contributed by atoms with E-state index < -0.39 is 12.0 Å². The van der Waals surface area contributed by atoms with Crippen molar-refractivity contribution >= 4 is 30.0 Å². The van der Waals surface area contributed by atoms with Crippen LogP contribution in [0.15, 0.2) is 0 Å². The molecule has 0 aromatic carbocycles. The van der Waals surface area contributed by atoms with Crippen molar-refractivity contribution in [2.45, 2.75) is 6.04 Å². The van der Waals surface area contributed by atoms with Gasteiger partial charge in [0.1, 0.15) is 6.04 Å². The van der Waals surface area contributed by atoms with E-state index in [1.807, 2.05) is 0 Å². The molecule has 9 heavy (non-hydrogen) atoms. The molecular formula is C4H9Cl2NO2. The third-order valence-corrected chi connectivity index (χ3v) is 1.11. The second kappa shape index (κ2) is 6.13. The van der Waals surface area contributed by atoms with Crippen molar-refractivity contribution in [2.75, 3.05) is 12.9 Å². The fraction of sp³-hybridized carbons (Fsp3) is 0.750. The number of carboxylic acid groups (broad SMARTS) is 1. The SMILES string of the molecule is CN[C@@H](CCl)C(=O)O.Cl. The van der Waals surface area contributed by atoms with Crippen LogP contribution in [-0.4, -0.2) is 30.0 Å². The van der Waals surface area contributed by atoms with Crippen molar-refractivity contribution in [3.05, 3.63) is 0 Å². The smallest absolute Gasteiger partial charge is 0.321 e. The normalized spacial score (nSPS) is 11.8. The number of hydrogen-bond donors (Lipinski definition) is 2.